The summed E-state index contributed by atoms with van der Waals surface area (Å²) >= 11 is 0. The van der Waals surface area contributed by atoms with Crippen LogP contribution in [0.1, 0.15) is 23.6 Å². The van der Waals surface area contributed by atoms with E-state index in [1.165, 1.54) is 28.5 Å². The summed E-state index contributed by atoms with van der Waals surface area (Å²) in [6.45, 7) is 6.17. The van der Waals surface area contributed by atoms with Crippen molar-refractivity contribution >= 4 is 11.8 Å². The minimum absolute atomic E-state index is 0.921. The minimum Gasteiger partial charge on any atom is -0.308 e. The van der Waals surface area contributed by atoms with Crippen LogP contribution in [0.2, 0.25) is 0 Å². The third-order valence-electron chi connectivity index (χ3n) is 3.42. The van der Waals surface area contributed by atoms with Crippen LogP contribution >= 0.6 is 0 Å². The van der Waals surface area contributed by atoms with Gasteiger partial charge >= 0.3 is 0 Å². The zero-order valence-electron chi connectivity index (χ0n) is 12.9. The molecule has 1 nitrogen and oxygen atoms in total. The van der Waals surface area contributed by atoms with Crippen molar-refractivity contribution in [1.29, 1.82) is 5.41 Å². The number of benzene rings is 2. The number of rotatable bonds is 4. The van der Waals surface area contributed by atoms with Crippen LogP contribution in [0.3, 0.4) is 0 Å². The van der Waals surface area contributed by atoms with Gasteiger partial charge in [-0.1, -0.05) is 60.2 Å². The van der Waals surface area contributed by atoms with E-state index in [4.69, 9.17) is 5.41 Å². The largest absolute Gasteiger partial charge is 0.308 e. The number of nitrogens with one attached hydrogen (secondary N) is 1. The molecule has 0 saturated carbocycles. The lowest BCUT2D eigenvalue weighted by molar-refractivity contribution is 1.43. The normalized spacial score (nSPS) is 11.9. The zero-order valence-corrected chi connectivity index (χ0v) is 12.9. The molecule has 106 valence electrons. The van der Waals surface area contributed by atoms with Crippen molar-refractivity contribution in [2.75, 3.05) is 0 Å². The highest BCUT2D eigenvalue weighted by molar-refractivity contribution is 6.09. The molecule has 0 aromatic heterocycles. The van der Waals surface area contributed by atoms with Crippen molar-refractivity contribution in [2.24, 2.45) is 0 Å². The lowest BCUT2D eigenvalue weighted by Gasteiger charge is -2.09. The van der Waals surface area contributed by atoms with E-state index in [-0.39, 0.29) is 0 Å². The molecule has 0 heterocycles. The van der Waals surface area contributed by atoms with E-state index >= 15 is 0 Å². The second-order valence-electron chi connectivity index (χ2n) is 5.25. The van der Waals surface area contributed by atoms with Crippen LogP contribution < -0.4 is 0 Å². The van der Waals surface area contributed by atoms with Crippen molar-refractivity contribution < 1.29 is 0 Å². The topological polar surface area (TPSA) is 23.9 Å². The summed E-state index contributed by atoms with van der Waals surface area (Å²) in [5.41, 5.74) is 6.87. The van der Waals surface area contributed by atoms with E-state index in [1.807, 2.05) is 25.2 Å². The maximum Gasteiger partial charge on any atom is 0.0256 e. The molecule has 0 aliphatic carbocycles. The van der Waals surface area contributed by atoms with E-state index in [2.05, 4.69) is 56.3 Å². The fourth-order valence-electron chi connectivity index (χ4n) is 2.29. The van der Waals surface area contributed by atoms with Crippen molar-refractivity contribution in [2.45, 2.75) is 20.8 Å². The highest BCUT2D eigenvalue weighted by Crippen LogP contribution is 2.25. The Bertz CT molecular complexity index is 688. The molecule has 21 heavy (non-hydrogen) atoms. The van der Waals surface area contributed by atoms with E-state index in [0.29, 0.717) is 0 Å². The first-order chi connectivity index (χ1) is 10.1. The van der Waals surface area contributed by atoms with Crippen molar-refractivity contribution in [3.05, 3.63) is 77.4 Å². The molecule has 0 amide bonds. The van der Waals surface area contributed by atoms with Crippen molar-refractivity contribution in [1.82, 2.24) is 0 Å². The van der Waals surface area contributed by atoms with Crippen molar-refractivity contribution in [3.8, 4) is 11.1 Å². The summed E-state index contributed by atoms with van der Waals surface area (Å²) in [7, 11) is 0. The molecule has 0 saturated heterocycles. The number of aryl methyl sites for hydroxylation is 2. The molecule has 0 spiro atoms. The number of hydrogen-bond donors (Lipinski definition) is 1. The molecule has 0 aliphatic heterocycles. The molecule has 2 aromatic rings. The van der Waals surface area contributed by atoms with Gasteiger partial charge in [0.1, 0.15) is 0 Å². The molecule has 0 bridgehead atoms. The molecule has 0 atom stereocenters. The summed E-state index contributed by atoms with van der Waals surface area (Å²) in [4.78, 5) is 0. The fraction of sp³-hybridized carbons (Fsp3) is 0.150. The minimum atomic E-state index is 0.921. The maximum absolute atomic E-state index is 7.62. The Hall–Kier alpha value is -2.41. The molecular weight excluding hydrogens is 254 g/mol. The molecule has 0 aliphatic rings. The average Bonchev–Trinajstić information content (AvgIpc) is 2.48. The molecule has 1 heteroatoms. The van der Waals surface area contributed by atoms with Crippen LogP contribution in [0.5, 0.6) is 0 Å². The SMILES string of the molecule is C/C=C\C=C(/C=N)c1cc(C)cc(-c2ccc(C)cc2)c1. The van der Waals surface area contributed by atoms with E-state index in [0.717, 1.165) is 11.1 Å². The standard InChI is InChI=1S/C20H21N/c1-4-5-6-18(14-21)20-12-16(3)11-19(13-20)17-9-7-15(2)8-10-17/h4-14,21H,1-3H3/b5-4-,18-6+,21-14?. The van der Waals surface area contributed by atoms with Crippen LogP contribution in [0, 0.1) is 19.3 Å². The number of hydrogen-bond acceptors (Lipinski definition) is 1. The molecule has 2 aromatic carbocycles. The van der Waals surface area contributed by atoms with Crippen molar-refractivity contribution in [3.63, 3.8) is 0 Å². The van der Waals surface area contributed by atoms with Gasteiger partial charge in [0.2, 0.25) is 0 Å². The van der Waals surface area contributed by atoms with E-state index < -0.39 is 0 Å². The Morgan fingerprint density at radius 1 is 0.905 bits per heavy atom. The molecule has 0 radical (unpaired) electrons. The highest BCUT2D eigenvalue weighted by atomic mass is 14.3. The van der Waals surface area contributed by atoms with E-state index in [1.54, 1.807) is 0 Å². The summed E-state index contributed by atoms with van der Waals surface area (Å²) in [5.74, 6) is 0. The van der Waals surface area contributed by atoms with Crippen LogP contribution in [0.15, 0.2) is 60.7 Å². The van der Waals surface area contributed by atoms with Gasteiger partial charge < -0.3 is 5.41 Å². The smallest absolute Gasteiger partial charge is 0.0256 e. The molecule has 2 rings (SSSR count). The van der Waals surface area contributed by atoms with Crippen LogP contribution in [-0.2, 0) is 0 Å². The Balaban J connectivity index is 2.50. The van der Waals surface area contributed by atoms with Crippen LogP contribution in [0.25, 0.3) is 16.7 Å². The van der Waals surface area contributed by atoms with Gasteiger partial charge in [0, 0.05) is 6.21 Å². The first kappa shape index (κ1) is 15.0. The van der Waals surface area contributed by atoms with Gasteiger partial charge in [-0.05, 0) is 54.7 Å². The Labute approximate surface area is 127 Å². The van der Waals surface area contributed by atoms with Gasteiger partial charge in [-0.2, -0.15) is 0 Å². The molecule has 1 N–H and O–H groups in total. The summed E-state index contributed by atoms with van der Waals surface area (Å²) in [6, 6.07) is 15.0. The fourth-order valence-corrected chi connectivity index (χ4v) is 2.29. The predicted octanol–water partition coefficient (Wildman–Crippen LogP) is 5.58. The van der Waals surface area contributed by atoms with Crippen LogP contribution in [-0.4, -0.2) is 6.21 Å². The molecule has 0 unspecified atom stereocenters. The molecule has 0 fully saturated rings. The second kappa shape index (κ2) is 6.85. The van der Waals surface area contributed by atoms with Gasteiger partial charge in [0.15, 0.2) is 0 Å². The van der Waals surface area contributed by atoms with Gasteiger partial charge in [-0.25, -0.2) is 0 Å². The van der Waals surface area contributed by atoms with Gasteiger partial charge in [0.05, 0.1) is 0 Å². The number of allylic oxidation sites excluding steroid dienone is 4. The second-order valence-corrected chi connectivity index (χ2v) is 5.25. The predicted molar refractivity (Wildman–Crippen MR) is 92.9 cm³/mol. The first-order valence-corrected chi connectivity index (χ1v) is 7.16. The maximum atomic E-state index is 7.62. The average molecular weight is 275 g/mol. The first-order valence-electron chi connectivity index (χ1n) is 7.16. The summed E-state index contributed by atoms with van der Waals surface area (Å²) < 4.78 is 0. The zero-order chi connectivity index (χ0) is 15.2. The monoisotopic (exact) mass is 275 g/mol. The summed E-state index contributed by atoms with van der Waals surface area (Å²) in [6.07, 6.45) is 7.32. The third kappa shape index (κ3) is 3.79. The Morgan fingerprint density at radius 3 is 2.24 bits per heavy atom. The molecular formula is C20H21N. The highest BCUT2D eigenvalue weighted by Gasteiger charge is 2.04. The lowest BCUT2D eigenvalue weighted by Crippen LogP contribution is -1.89. The van der Waals surface area contributed by atoms with Gasteiger partial charge in [-0.3, -0.25) is 0 Å². The summed E-state index contributed by atoms with van der Waals surface area (Å²) in [5, 5.41) is 7.62. The quantitative estimate of drug-likeness (QED) is 0.556. The third-order valence-corrected chi connectivity index (χ3v) is 3.42. The Morgan fingerprint density at radius 2 is 1.62 bits per heavy atom. The van der Waals surface area contributed by atoms with Crippen LogP contribution in [0.4, 0.5) is 0 Å². The lowest BCUT2D eigenvalue weighted by atomic mass is 9.96. The van der Waals surface area contributed by atoms with Gasteiger partial charge in [-0.15, -0.1) is 0 Å². The Kier molecular flexibility index (Phi) is 4.89. The van der Waals surface area contributed by atoms with E-state index in [9.17, 15) is 0 Å². The van der Waals surface area contributed by atoms with Gasteiger partial charge in [0.25, 0.3) is 0 Å².